The lowest BCUT2D eigenvalue weighted by atomic mass is 10.2. The van der Waals surface area contributed by atoms with Gasteiger partial charge in [-0.05, 0) is 37.1 Å². The zero-order chi connectivity index (χ0) is 24.7. The number of thioether (sulfide) groups is 1. The number of non-ortho nitro benzene ring substituents is 1. The Bertz CT molecular complexity index is 1210. The Morgan fingerprint density at radius 3 is 2.74 bits per heavy atom. The molecule has 0 aliphatic carbocycles. The van der Waals surface area contributed by atoms with E-state index in [1.807, 2.05) is 29.7 Å². The van der Waals surface area contributed by atoms with Gasteiger partial charge in [-0.2, -0.15) is 0 Å². The minimum atomic E-state index is -0.503. The molecule has 3 aromatic rings. The zero-order valence-corrected chi connectivity index (χ0v) is 19.9. The summed E-state index contributed by atoms with van der Waals surface area (Å²) in [6.07, 6.45) is 1.70. The molecular formula is C23H25N5O5S. The smallest absolute Gasteiger partial charge is 0.271 e. The number of hydrogen-bond acceptors (Lipinski definition) is 8. The fraction of sp³-hybridized carbons (Fsp3) is 0.261. The van der Waals surface area contributed by atoms with E-state index in [0.717, 1.165) is 11.1 Å². The second kappa shape index (κ2) is 11.3. The van der Waals surface area contributed by atoms with Crippen LogP contribution >= 0.6 is 11.8 Å². The van der Waals surface area contributed by atoms with Gasteiger partial charge in [-0.25, -0.2) is 0 Å². The normalized spacial score (nSPS) is 10.6. The molecule has 0 fully saturated rings. The number of carbonyl (C=O) groups excluding carboxylic acids is 1. The van der Waals surface area contributed by atoms with E-state index in [0.29, 0.717) is 34.7 Å². The first kappa shape index (κ1) is 24.8. The molecule has 0 aliphatic heterocycles. The molecule has 0 spiro atoms. The summed E-state index contributed by atoms with van der Waals surface area (Å²) >= 11 is 1.20. The van der Waals surface area contributed by atoms with E-state index in [4.69, 9.17) is 9.47 Å². The number of aryl methyl sites for hydroxylation is 2. The maximum absolute atomic E-state index is 12.5. The van der Waals surface area contributed by atoms with Crippen LogP contribution in [-0.4, -0.2) is 38.5 Å². The van der Waals surface area contributed by atoms with Gasteiger partial charge >= 0.3 is 0 Å². The molecule has 178 valence electrons. The molecule has 3 rings (SSSR count). The van der Waals surface area contributed by atoms with Crippen LogP contribution in [0.25, 0.3) is 0 Å². The average Bonchev–Trinajstić information content (AvgIpc) is 3.19. The highest BCUT2D eigenvalue weighted by molar-refractivity contribution is 7.99. The van der Waals surface area contributed by atoms with Crippen molar-refractivity contribution >= 4 is 29.0 Å². The number of nitro benzene ring substituents is 1. The van der Waals surface area contributed by atoms with Crippen LogP contribution in [0.2, 0.25) is 0 Å². The number of carbonyl (C=O) groups is 1. The monoisotopic (exact) mass is 483 g/mol. The van der Waals surface area contributed by atoms with Crippen LogP contribution in [0.1, 0.15) is 17.0 Å². The molecule has 2 aromatic carbocycles. The first-order valence-electron chi connectivity index (χ1n) is 10.3. The molecular weight excluding hydrogens is 458 g/mol. The number of hydrogen-bond donors (Lipinski definition) is 1. The highest BCUT2D eigenvalue weighted by atomic mass is 32.2. The number of nitrogens with one attached hydrogen (secondary N) is 1. The van der Waals surface area contributed by atoms with Gasteiger partial charge < -0.3 is 14.8 Å². The third-order valence-corrected chi connectivity index (χ3v) is 5.79. The van der Waals surface area contributed by atoms with Gasteiger partial charge in [-0.3, -0.25) is 19.5 Å². The molecule has 0 aliphatic rings. The van der Waals surface area contributed by atoms with Gasteiger partial charge in [0.05, 0.1) is 23.5 Å². The van der Waals surface area contributed by atoms with Crippen LogP contribution in [0.15, 0.2) is 54.2 Å². The van der Waals surface area contributed by atoms with E-state index < -0.39 is 4.92 Å². The fourth-order valence-electron chi connectivity index (χ4n) is 3.06. The Morgan fingerprint density at radius 1 is 1.24 bits per heavy atom. The Kier molecular flexibility index (Phi) is 8.25. The number of aromatic nitrogens is 3. The van der Waals surface area contributed by atoms with Crippen molar-refractivity contribution in [1.29, 1.82) is 0 Å². The molecule has 34 heavy (non-hydrogen) atoms. The molecule has 0 unspecified atom stereocenters. The van der Waals surface area contributed by atoms with E-state index >= 15 is 0 Å². The summed E-state index contributed by atoms with van der Waals surface area (Å²) < 4.78 is 13.1. The summed E-state index contributed by atoms with van der Waals surface area (Å²) in [4.78, 5) is 23.0. The third kappa shape index (κ3) is 6.13. The van der Waals surface area contributed by atoms with Gasteiger partial charge in [-0.1, -0.05) is 30.0 Å². The average molecular weight is 484 g/mol. The summed E-state index contributed by atoms with van der Waals surface area (Å²) in [5.41, 5.74) is 2.09. The largest absolute Gasteiger partial charge is 0.493 e. The molecule has 10 nitrogen and oxygen atoms in total. The molecule has 0 radical (unpaired) electrons. The van der Waals surface area contributed by atoms with Crippen molar-refractivity contribution in [2.24, 2.45) is 0 Å². The Morgan fingerprint density at radius 2 is 2.03 bits per heavy atom. The number of ether oxygens (including phenoxy) is 2. The molecule has 11 heteroatoms. The number of rotatable bonds is 11. The van der Waals surface area contributed by atoms with E-state index in [1.54, 1.807) is 26.2 Å². The molecule has 0 bridgehead atoms. The second-order valence-electron chi connectivity index (χ2n) is 7.33. The number of nitrogens with zero attached hydrogens (tertiary/aromatic N) is 4. The van der Waals surface area contributed by atoms with Crippen molar-refractivity contribution in [2.45, 2.75) is 32.2 Å². The fourth-order valence-corrected chi connectivity index (χ4v) is 3.82. The van der Waals surface area contributed by atoms with Crippen LogP contribution < -0.4 is 14.8 Å². The zero-order valence-electron chi connectivity index (χ0n) is 19.1. The van der Waals surface area contributed by atoms with Gasteiger partial charge in [0, 0.05) is 18.7 Å². The quantitative estimate of drug-likeness (QED) is 0.185. The predicted molar refractivity (Wildman–Crippen MR) is 129 cm³/mol. The van der Waals surface area contributed by atoms with Gasteiger partial charge in [-0.15, -0.1) is 16.8 Å². The minimum Gasteiger partial charge on any atom is -0.493 e. The number of anilines is 1. The molecule has 0 saturated heterocycles. The number of benzene rings is 2. The Hall–Kier alpha value is -3.86. The summed E-state index contributed by atoms with van der Waals surface area (Å²) in [7, 11) is 1.58. The van der Waals surface area contributed by atoms with Crippen molar-refractivity contribution in [3.8, 4) is 11.5 Å². The Balaban J connectivity index is 1.66. The molecule has 1 N–H and O–H groups in total. The second-order valence-corrected chi connectivity index (χ2v) is 8.28. The minimum absolute atomic E-state index is 0.0457. The lowest BCUT2D eigenvalue weighted by Gasteiger charge is -2.12. The SMILES string of the molecule is C=CCn1c(COc2ccc(C)cc2OC)nnc1SCC(=O)Nc1cc([N+](=O)[O-])ccc1C. The number of amides is 1. The van der Waals surface area contributed by atoms with Gasteiger partial charge in [0.15, 0.2) is 22.5 Å². The molecule has 1 amide bonds. The lowest BCUT2D eigenvalue weighted by molar-refractivity contribution is -0.384. The number of methoxy groups -OCH3 is 1. The van der Waals surface area contributed by atoms with Crippen molar-refractivity contribution in [3.63, 3.8) is 0 Å². The Labute approximate surface area is 201 Å². The van der Waals surface area contributed by atoms with Crippen molar-refractivity contribution in [3.05, 3.63) is 76.1 Å². The van der Waals surface area contributed by atoms with E-state index in [-0.39, 0.29) is 24.0 Å². The van der Waals surface area contributed by atoms with Gasteiger partial charge in [0.2, 0.25) is 5.91 Å². The van der Waals surface area contributed by atoms with Crippen molar-refractivity contribution in [1.82, 2.24) is 14.8 Å². The summed E-state index contributed by atoms with van der Waals surface area (Å²) in [5.74, 6) is 1.51. The maximum Gasteiger partial charge on any atom is 0.271 e. The molecule has 0 saturated carbocycles. The van der Waals surface area contributed by atoms with Crippen LogP contribution in [0.3, 0.4) is 0 Å². The number of nitro groups is 1. The first-order valence-corrected chi connectivity index (χ1v) is 11.3. The van der Waals surface area contributed by atoms with Crippen LogP contribution in [0.5, 0.6) is 11.5 Å². The summed E-state index contributed by atoms with van der Waals surface area (Å²) in [6.45, 7) is 8.10. The van der Waals surface area contributed by atoms with Gasteiger partial charge in [0.1, 0.15) is 6.61 Å². The van der Waals surface area contributed by atoms with Crippen molar-refractivity contribution in [2.75, 3.05) is 18.2 Å². The molecule has 0 atom stereocenters. The van der Waals surface area contributed by atoms with Crippen LogP contribution in [0, 0.1) is 24.0 Å². The predicted octanol–water partition coefficient (Wildman–Crippen LogP) is 4.31. The standard InChI is InChI=1S/C23H25N5O5S/c1-5-10-27-21(13-33-19-9-6-15(2)11-20(19)32-4)25-26-23(27)34-14-22(29)24-18-12-17(28(30)31)8-7-16(18)3/h5-9,11-12H,1,10,13-14H2,2-4H3,(H,24,29). The van der Waals surface area contributed by atoms with E-state index in [2.05, 4.69) is 22.1 Å². The van der Waals surface area contributed by atoms with E-state index in [9.17, 15) is 14.9 Å². The van der Waals surface area contributed by atoms with E-state index in [1.165, 1.54) is 23.9 Å². The highest BCUT2D eigenvalue weighted by Crippen LogP contribution is 2.29. The highest BCUT2D eigenvalue weighted by Gasteiger charge is 2.16. The number of allylic oxidation sites excluding steroid dienone is 1. The summed E-state index contributed by atoms with van der Waals surface area (Å²) in [6, 6.07) is 9.97. The lowest BCUT2D eigenvalue weighted by Crippen LogP contribution is -2.16. The van der Waals surface area contributed by atoms with Crippen LogP contribution in [-0.2, 0) is 17.9 Å². The molecule has 1 heterocycles. The maximum atomic E-state index is 12.5. The topological polar surface area (TPSA) is 121 Å². The van der Waals surface area contributed by atoms with Crippen LogP contribution in [0.4, 0.5) is 11.4 Å². The first-order chi connectivity index (χ1) is 16.3. The van der Waals surface area contributed by atoms with Gasteiger partial charge in [0.25, 0.3) is 5.69 Å². The third-order valence-electron chi connectivity index (χ3n) is 4.82. The van der Waals surface area contributed by atoms with Crippen molar-refractivity contribution < 1.29 is 19.2 Å². The summed E-state index contributed by atoms with van der Waals surface area (Å²) in [5, 5.41) is 22.6. The molecule has 1 aromatic heterocycles.